The molecule has 6 aromatic rings. The Kier molecular flexibility index (Phi) is 15.7. The van der Waals surface area contributed by atoms with Crippen LogP contribution in [0.4, 0.5) is 0 Å². The fourth-order valence-electron chi connectivity index (χ4n) is 6.42. The molecule has 0 spiro atoms. The maximum Gasteiger partial charge on any atom is 2.00 e. The molecule has 0 atom stereocenters. The summed E-state index contributed by atoms with van der Waals surface area (Å²) in [6, 6.07) is 44.3. The molecule has 0 unspecified atom stereocenters. The van der Waals surface area contributed by atoms with Crippen molar-refractivity contribution < 1.29 is 45.9 Å². The van der Waals surface area contributed by atoms with E-state index in [9.17, 15) is 10.2 Å². The second-order valence-electron chi connectivity index (χ2n) is 15.5. The number of hydrogen-bond acceptors (Lipinski definition) is 4. The molecule has 0 aliphatic heterocycles. The average molecular weight is 812 g/mol. The van der Waals surface area contributed by atoms with Gasteiger partial charge in [-0.1, -0.05) is 139 Å². The molecular formula is C50H56O4Zr. The normalized spacial score (nSPS) is 11.1. The van der Waals surface area contributed by atoms with Crippen molar-refractivity contribution in [3.63, 3.8) is 0 Å². The number of para-hydroxylation sites is 2. The summed E-state index contributed by atoms with van der Waals surface area (Å²) in [7, 11) is 0. The monoisotopic (exact) mass is 810 g/mol. The van der Waals surface area contributed by atoms with Crippen LogP contribution < -0.4 is 9.47 Å². The SMILES string of the molecule is CC(C)(C)c1cc(-c2ccccc2)c(O)c(-c2ccccc2OCCCCOc2ccccc2-c2cc(C(C)(C)C)cc(-c3ccccc3)c2O)c1.[CH3-].[CH3-].[Zr+2]. The molecule has 0 aliphatic rings. The van der Waals surface area contributed by atoms with Gasteiger partial charge in [0.15, 0.2) is 0 Å². The van der Waals surface area contributed by atoms with E-state index in [2.05, 4.69) is 65.8 Å². The van der Waals surface area contributed by atoms with Crippen molar-refractivity contribution >= 4 is 0 Å². The predicted octanol–water partition coefficient (Wildman–Crippen LogP) is 13.5. The molecule has 0 radical (unpaired) electrons. The third-order valence-electron chi connectivity index (χ3n) is 9.53. The molecule has 55 heavy (non-hydrogen) atoms. The van der Waals surface area contributed by atoms with E-state index in [0.717, 1.165) is 80.0 Å². The summed E-state index contributed by atoms with van der Waals surface area (Å²) >= 11 is 0. The largest absolute Gasteiger partial charge is 2.00 e. The van der Waals surface area contributed by atoms with E-state index in [-0.39, 0.29) is 63.4 Å². The topological polar surface area (TPSA) is 58.9 Å². The van der Waals surface area contributed by atoms with Crippen molar-refractivity contribution in [2.45, 2.75) is 65.2 Å². The van der Waals surface area contributed by atoms with Gasteiger partial charge in [-0.3, -0.25) is 0 Å². The van der Waals surface area contributed by atoms with Gasteiger partial charge < -0.3 is 34.5 Å². The Morgan fingerprint density at radius 3 is 1.07 bits per heavy atom. The molecule has 0 amide bonds. The molecule has 6 rings (SSSR count). The van der Waals surface area contributed by atoms with Gasteiger partial charge in [0.25, 0.3) is 0 Å². The zero-order valence-electron chi connectivity index (χ0n) is 33.7. The number of benzene rings is 6. The summed E-state index contributed by atoms with van der Waals surface area (Å²) in [5, 5.41) is 23.2. The molecule has 0 aromatic heterocycles. The minimum absolute atomic E-state index is 0. The Morgan fingerprint density at radius 1 is 0.418 bits per heavy atom. The summed E-state index contributed by atoms with van der Waals surface area (Å²) in [4.78, 5) is 0. The molecule has 0 saturated heterocycles. The Hall–Kier alpha value is -4.60. The van der Waals surface area contributed by atoms with E-state index >= 15 is 0 Å². The van der Waals surface area contributed by atoms with Crippen molar-refractivity contribution in [3.05, 3.63) is 159 Å². The zero-order chi connectivity index (χ0) is 36.9. The van der Waals surface area contributed by atoms with E-state index in [4.69, 9.17) is 9.47 Å². The number of ether oxygens (including phenoxy) is 2. The number of rotatable bonds is 11. The first-order valence-corrected chi connectivity index (χ1v) is 18.2. The van der Waals surface area contributed by atoms with Gasteiger partial charge in [-0.05, 0) is 82.3 Å². The van der Waals surface area contributed by atoms with E-state index in [1.165, 1.54) is 0 Å². The van der Waals surface area contributed by atoms with Gasteiger partial charge in [0.1, 0.15) is 23.0 Å². The second kappa shape index (κ2) is 19.3. The van der Waals surface area contributed by atoms with Crippen LogP contribution in [0.1, 0.15) is 65.5 Å². The second-order valence-corrected chi connectivity index (χ2v) is 15.5. The summed E-state index contributed by atoms with van der Waals surface area (Å²) in [6.07, 6.45) is 1.56. The van der Waals surface area contributed by atoms with Crippen LogP contribution in [0.15, 0.2) is 133 Å². The number of phenolic OH excluding ortho intramolecular Hbond substituents is 2. The van der Waals surface area contributed by atoms with Gasteiger partial charge in [0, 0.05) is 33.4 Å². The van der Waals surface area contributed by atoms with E-state index in [0.29, 0.717) is 13.2 Å². The van der Waals surface area contributed by atoms with Crippen molar-refractivity contribution in [3.8, 4) is 67.5 Å². The maximum atomic E-state index is 11.6. The molecular weight excluding hydrogens is 756 g/mol. The molecule has 0 saturated carbocycles. The Morgan fingerprint density at radius 2 is 0.727 bits per heavy atom. The molecule has 0 fully saturated rings. The van der Waals surface area contributed by atoms with Crippen LogP contribution in [0, 0.1) is 14.9 Å². The first-order chi connectivity index (χ1) is 24.9. The molecule has 284 valence electrons. The van der Waals surface area contributed by atoms with Gasteiger partial charge in [-0.25, -0.2) is 0 Å². The van der Waals surface area contributed by atoms with Gasteiger partial charge in [-0.2, -0.15) is 0 Å². The fourth-order valence-corrected chi connectivity index (χ4v) is 6.42. The first kappa shape index (κ1) is 44.8. The van der Waals surface area contributed by atoms with E-state index in [1.54, 1.807) is 0 Å². The van der Waals surface area contributed by atoms with Crippen LogP contribution in [0.2, 0.25) is 0 Å². The minimum Gasteiger partial charge on any atom is -0.507 e. The molecule has 6 aromatic carbocycles. The van der Waals surface area contributed by atoms with Crippen LogP contribution in [-0.4, -0.2) is 23.4 Å². The Balaban J connectivity index is 0.00000271. The molecule has 5 heteroatoms. The van der Waals surface area contributed by atoms with Gasteiger partial charge in [0.05, 0.1) is 13.2 Å². The van der Waals surface area contributed by atoms with Gasteiger partial charge in [-0.15, -0.1) is 0 Å². The van der Waals surface area contributed by atoms with Gasteiger partial charge in [0.2, 0.25) is 0 Å². The van der Waals surface area contributed by atoms with Crippen molar-refractivity contribution in [2.75, 3.05) is 13.2 Å². The smallest absolute Gasteiger partial charge is 0.507 e. The van der Waals surface area contributed by atoms with Crippen LogP contribution in [0.3, 0.4) is 0 Å². The maximum absolute atomic E-state index is 11.6. The standard InChI is InChI=1S/C48H50O4.2CH3.Zr/c1-47(2,3)35-29-39(33-19-9-7-10-20-33)45(49)41(31-35)37-23-13-15-25-43(37)51-27-17-18-28-52-44-26-16-14-24-38(44)42-32-36(48(4,5)6)30-40(46(42)50)34-21-11-8-12-22-34;;;/h7-16,19-26,29-32,49-50H,17-18,27-28H2,1-6H3;2*1H3;/q;2*-1;+2. The van der Waals surface area contributed by atoms with Crippen LogP contribution in [0.5, 0.6) is 23.0 Å². The van der Waals surface area contributed by atoms with Crippen LogP contribution in [0.25, 0.3) is 44.5 Å². The minimum atomic E-state index is -0.112. The molecule has 0 aliphatic carbocycles. The Bertz CT molecular complexity index is 1970. The molecule has 0 bridgehead atoms. The quantitative estimate of drug-likeness (QED) is 0.101. The number of aromatic hydroxyl groups is 2. The predicted molar refractivity (Wildman–Crippen MR) is 228 cm³/mol. The molecule has 4 nitrogen and oxygen atoms in total. The number of unbranched alkanes of at least 4 members (excludes halogenated alkanes) is 1. The summed E-state index contributed by atoms with van der Waals surface area (Å²) in [5.74, 6) is 1.96. The summed E-state index contributed by atoms with van der Waals surface area (Å²) < 4.78 is 12.8. The zero-order valence-corrected chi connectivity index (χ0v) is 36.2. The first-order valence-electron chi connectivity index (χ1n) is 18.2. The van der Waals surface area contributed by atoms with Crippen molar-refractivity contribution in [2.24, 2.45) is 0 Å². The molecule has 2 N–H and O–H groups in total. The van der Waals surface area contributed by atoms with Crippen LogP contribution in [-0.2, 0) is 37.0 Å². The Labute approximate surface area is 349 Å². The average Bonchev–Trinajstić information content (AvgIpc) is 3.13. The van der Waals surface area contributed by atoms with Crippen molar-refractivity contribution in [1.29, 1.82) is 0 Å². The van der Waals surface area contributed by atoms with E-state index < -0.39 is 0 Å². The fraction of sp³-hybridized carbons (Fsp3) is 0.240. The third-order valence-corrected chi connectivity index (χ3v) is 9.53. The van der Waals surface area contributed by atoms with Gasteiger partial charge >= 0.3 is 26.2 Å². The van der Waals surface area contributed by atoms with Crippen LogP contribution >= 0.6 is 0 Å². The molecule has 0 heterocycles. The van der Waals surface area contributed by atoms with E-state index in [1.807, 2.05) is 109 Å². The van der Waals surface area contributed by atoms with Crippen molar-refractivity contribution in [1.82, 2.24) is 0 Å². The number of hydrogen-bond donors (Lipinski definition) is 2. The summed E-state index contributed by atoms with van der Waals surface area (Å²) in [5.41, 5.74) is 8.87. The number of phenols is 2. The third kappa shape index (κ3) is 10.6. The summed E-state index contributed by atoms with van der Waals surface area (Å²) in [6.45, 7) is 14.1.